The number of aromatic nitrogens is 3. The number of carbonyl (C=O) groups is 1. The number of nitrogens with zero attached hydrogens (tertiary/aromatic N) is 3. The molecule has 0 aliphatic carbocycles. The average molecular weight is 263 g/mol. The van der Waals surface area contributed by atoms with E-state index in [-0.39, 0.29) is 5.91 Å². The van der Waals surface area contributed by atoms with Gasteiger partial charge in [0.05, 0.1) is 12.1 Å². The van der Waals surface area contributed by atoms with Crippen LogP contribution in [0.2, 0.25) is 0 Å². The lowest BCUT2D eigenvalue weighted by atomic mass is 10.3. The zero-order valence-electron chi connectivity index (χ0n) is 9.88. The minimum Gasteiger partial charge on any atom is -0.369 e. The van der Waals surface area contributed by atoms with E-state index in [2.05, 4.69) is 25.8 Å². The van der Waals surface area contributed by atoms with E-state index in [9.17, 15) is 4.79 Å². The van der Waals surface area contributed by atoms with Crippen LogP contribution in [0.15, 0.2) is 23.8 Å². The van der Waals surface area contributed by atoms with Crippen molar-refractivity contribution in [2.24, 2.45) is 0 Å². The first kappa shape index (κ1) is 12.4. The fraction of sp³-hybridized carbons (Fsp3) is 0.273. The molecule has 2 N–H and O–H groups in total. The zero-order valence-corrected chi connectivity index (χ0v) is 10.7. The first-order valence-corrected chi connectivity index (χ1v) is 6.40. The molecule has 0 saturated heterocycles. The maximum absolute atomic E-state index is 11.8. The summed E-state index contributed by atoms with van der Waals surface area (Å²) in [7, 11) is 0. The van der Waals surface area contributed by atoms with Gasteiger partial charge in [0.2, 0.25) is 0 Å². The van der Waals surface area contributed by atoms with Crippen molar-refractivity contribution >= 4 is 23.1 Å². The van der Waals surface area contributed by atoms with Crippen LogP contribution in [0.4, 0.5) is 5.82 Å². The molecule has 0 spiro atoms. The molecular formula is C11H13N5OS. The third-order valence-corrected chi connectivity index (χ3v) is 2.94. The Morgan fingerprint density at radius 1 is 1.39 bits per heavy atom. The van der Waals surface area contributed by atoms with Crippen LogP contribution < -0.4 is 10.6 Å². The number of amides is 1. The molecule has 0 radical (unpaired) electrons. The molecule has 0 aromatic carbocycles. The fourth-order valence-corrected chi connectivity index (χ4v) is 1.85. The Balaban J connectivity index is 1.92. The summed E-state index contributed by atoms with van der Waals surface area (Å²) in [6, 6.07) is 3.38. The Morgan fingerprint density at radius 3 is 2.89 bits per heavy atom. The Hall–Kier alpha value is -2.02. The van der Waals surface area contributed by atoms with Gasteiger partial charge >= 0.3 is 0 Å². The van der Waals surface area contributed by atoms with Crippen LogP contribution in [0.5, 0.6) is 0 Å². The van der Waals surface area contributed by atoms with Gasteiger partial charge in [-0.25, -0.2) is 0 Å². The molecule has 6 nitrogen and oxygen atoms in total. The maximum atomic E-state index is 11.8. The van der Waals surface area contributed by atoms with E-state index < -0.39 is 0 Å². The zero-order chi connectivity index (χ0) is 12.8. The minimum atomic E-state index is -0.237. The van der Waals surface area contributed by atoms with Crippen molar-refractivity contribution in [1.82, 2.24) is 20.5 Å². The topological polar surface area (TPSA) is 79.8 Å². The highest BCUT2D eigenvalue weighted by Gasteiger charge is 2.08. The first-order valence-electron chi connectivity index (χ1n) is 5.52. The van der Waals surface area contributed by atoms with Crippen molar-refractivity contribution < 1.29 is 4.79 Å². The molecule has 2 aromatic heterocycles. The van der Waals surface area contributed by atoms with Gasteiger partial charge in [0.15, 0.2) is 5.69 Å². The molecular weight excluding hydrogens is 250 g/mol. The van der Waals surface area contributed by atoms with E-state index in [1.54, 1.807) is 23.8 Å². The molecule has 0 saturated carbocycles. The van der Waals surface area contributed by atoms with Gasteiger partial charge in [-0.05, 0) is 19.1 Å². The standard InChI is InChI=1S/C11H13N5OS/c1-2-13-10-4-3-9(15-16-10)11(17)14-6-8-5-12-7-18-8/h3-5,7H,2,6H2,1H3,(H,13,16)(H,14,17). The molecule has 0 aliphatic rings. The monoisotopic (exact) mass is 263 g/mol. The molecule has 2 rings (SSSR count). The van der Waals surface area contributed by atoms with E-state index in [4.69, 9.17) is 0 Å². The SMILES string of the molecule is CCNc1ccc(C(=O)NCc2cncs2)nn1. The fourth-order valence-electron chi connectivity index (χ4n) is 1.32. The Labute approximate surface area is 108 Å². The molecule has 0 fully saturated rings. The van der Waals surface area contributed by atoms with Crippen molar-refractivity contribution in [3.63, 3.8) is 0 Å². The minimum absolute atomic E-state index is 0.237. The van der Waals surface area contributed by atoms with Crippen LogP contribution in [0.1, 0.15) is 22.3 Å². The Morgan fingerprint density at radius 2 is 2.28 bits per heavy atom. The number of anilines is 1. The van der Waals surface area contributed by atoms with Crippen molar-refractivity contribution in [1.29, 1.82) is 0 Å². The second-order valence-corrected chi connectivity index (χ2v) is 4.46. The Bertz CT molecular complexity index is 497. The maximum Gasteiger partial charge on any atom is 0.272 e. The number of carbonyl (C=O) groups excluding carboxylic acids is 1. The van der Waals surface area contributed by atoms with Gasteiger partial charge in [0.25, 0.3) is 5.91 Å². The lowest BCUT2D eigenvalue weighted by Gasteiger charge is -2.03. The molecule has 7 heteroatoms. The summed E-state index contributed by atoms with van der Waals surface area (Å²) >= 11 is 1.50. The molecule has 1 amide bonds. The summed E-state index contributed by atoms with van der Waals surface area (Å²) in [4.78, 5) is 16.7. The van der Waals surface area contributed by atoms with Gasteiger partial charge in [0, 0.05) is 17.6 Å². The molecule has 0 aliphatic heterocycles. The van der Waals surface area contributed by atoms with Crippen molar-refractivity contribution in [3.05, 3.63) is 34.4 Å². The highest BCUT2D eigenvalue weighted by atomic mass is 32.1. The summed E-state index contributed by atoms with van der Waals surface area (Å²) in [5.41, 5.74) is 2.04. The normalized spacial score (nSPS) is 10.1. The van der Waals surface area contributed by atoms with E-state index in [1.165, 1.54) is 11.3 Å². The van der Waals surface area contributed by atoms with Gasteiger partial charge in [0.1, 0.15) is 5.82 Å². The molecule has 2 heterocycles. The highest BCUT2D eigenvalue weighted by molar-refractivity contribution is 7.09. The predicted molar refractivity (Wildman–Crippen MR) is 69.5 cm³/mol. The van der Waals surface area contributed by atoms with E-state index in [1.807, 2.05) is 6.92 Å². The number of thiazole rings is 1. The third kappa shape index (κ3) is 3.24. The van der Waals surface area contributed by atoms with E-state index in [0.717, 1.165) is 11.4 Å². The Kier molecular flexibility index (Phi) is 4.19. The quantitative estimate of drug-likeness (QED) is 0.849. The van der Waals surface area contributed by atoms with Gasteiger partial charge in [-0.2, -0.15) is 0 Å². The van der Waals surface area contributed by atoms with E-state index >= 15 is 0 Å². The van der Waals surface area contributed by atoms with Crippen LogP contribution in [-0.4, -0.2) is 27.6 Å². The van der Waals surface area contributed by atoms with Crippen LogP contribution in [0.25, 0.3) is 0 Å². The lowest BCUT2D eigenvalue weighted by Crippen LogP contribution is -2.23. The number of hydrogen-bond acceptors (Lipinski definition) is 6. The lowest BCUT2D eigenvalue weighted by molar-refractivity contribution is 0.0945. The van der Waals surface area contributed by atoms with E-state index in [0.29, 0.717) is 18.1 Å². The number of rotatable bonds is 5. The summed E-state index contributed by atoms with van der Waals surface area (Å²) in [5, 5.41) is 13.5. The molecule has 0 bridgehead atoms. The highest BCUT2D eigenvalue weighted by Crippen LogP contribution is 2.05. The first-order chi connectivity index (χ1) is 8.79. The molecule has 0 atom stereocenters. The largest absolute Gasteiger partial charge is 0.369 e. The van der Waals surface area contributed by atoms with Crippen molar-refractivity contribution in [2.75, 3.05) is 11.9 Å². The summed E-state index contributed by atoms with van der Waals surface area (Å²) in [6.07, 6.45) is 1.73. The average Bonchev–Trinajstić information content (AvgIpc) is 2.90. The van der Waals surface area contributed by atoms with Crippen LogP contribution >= 0.6 is 11.3 Å². The smallest absolute Gasteiger partial charge is 0.272 e. The third-order valence-electron chi connectivity index (χ3n) is 2.16. The second kappa shape index (κ2) is 6.06. The summed E-state index contributed by atoms with van der Waals surface area (Å²) in [5.74, 6) is 0.426. The summed E-state index contributed by atoms with van der Waals surface area (Å²) < 4.78 is 0. The number of hydrogen-bond donors (Lipinski definition) is 2. The molecule has 94 valence electrons. The van der Waals surface area contributed by atoms with Gasteiger partial charge in [-0.1, -0.05) is 0 Å². The summed E-state index contributed by atoms with van der Waals surface area (Å²) in [6.45, 7) is 3.20. The van der Waals surface area contributed by atoms with Crippen molar-refractivity contribution in [2.45, 2.75) is 13.5 Å². The molecule has 18 heavy (non-hydrogen) atoms. The van der Waals surface area contributed by atoms with Gasteiger partial charge < -0.3 is 10.6 Å². The second-order valence-electron chi connectivity index (χ2n) is 3.48. The number of nitrogens with one attached hydrogen (secondary N) is 2. The predicted octanol–water partition coefficient (Wildman–Crippen LogP) is 1.29. The van der Waals surface area contributed by atoms with Crippen LogP contribution in [0.3, 0.4) is 0 Å². The molecule has 2 aromatic rings. The molecule has 0 unspecified atom stereocenters. The van der Waals surface area contributed by atoms with Crippen LogP contribution in [0, 0.1) is 0 Å². The van der Waals surface area contributed by atoms with Crippen molar-refractivity contribution in [3.8, 4) is 0 Å². The van der Waals surface area contributed by atoms with Gasteiger partial charge in [-0.3, -0.25) is 9.78 Å². The van der Waals surface area contributed by atoms with Crippen LogP contribution in [-0.2, 0) is 6.54 Å². The van der Waals surface area contributed by atoms with Gasteiger partial charge in [-0.15, -0.1) is 21.5 Å².